The number of carbonyl (C=O) groups is 2. The molecule has 0 spiro atoms. The van der Waals surface area contributed by atoms with Gasteiger partial charge in [0, 0.05) is 11.8 Å². The molecule has 2 rings (SSSR count). The first kappa shape index (κ1) is 11.0. The monoisotopic (exact) mass is 233 g/mol. The molecule has 0 aliphatic rings. The molecular weight excluding hydrogens is 225 g/mol. The van der Waals surface area contributed by atoms with Crippen LogP contribution in [0.25, 0.3) is 5.69 Å². The van der Waals surface area contributed by atoms with E-state index < -0.39 is 11.7 Å². The molecule has 0 bridgehead atoms. The highest BCUT2D eigenvalue weighted by Gasteiger charge is 2.09. The Morgan fingerprint density at radius 2 is 2.24 bits per heavy atom. The number of nitrogens with two attached hydrogens (primary N) is 1. The number of primary amides is 1. The Morgan fingerprint density at radius 3 is 2.76 bits per heavy atom. The van der Waals surface area contributed by atoms with Crippen LogP contribution < -0.4 is 5.73 Å². The van der Waals surface area contributed by atoms with Crippen LogP contribution in [-0.4, -0.2) is 22.0 Å². The number of benzene rings is 1. The van der Waals surface area contributed by atoms with Gasteiger partial charge in [0.25, 0.3) is 5.91 Å². The number of halogens is 1. The van der Waals surface area contributed by atoms with Gasteiger partial charge >= 0.3 is 0 Å². The van der Waals surface area contributed by atoms with E-state index in [0.717, 1.165) is 6.07 Å². The highest BCUT2D eigenvalue weighted by atomic mass is 19.1. The zero-order chi connectivity index (χ0) is 12.4. The Hall–Kier alpha value is -2.50. The molecule has 1 aromatic carbocycles. The normalized spacial score (nSPS) is 10.2. The average Bonchev–Trinajstić information content (AvgIpc) is 2.78. The molecule has 1 aromatic heterocycles. The molecule has 86 valence electrons. The number of aromatic nitrogens is 2. The Morgan fingerprint density at radius 1 is 1.47 bits per heavy atom. The SMILES string of the molecule is NC(=O)c1cnn(-c2ccc(C=O)cc2F)c1. The van der Waals surface area contributed by atoms with Crippen molar-refractivity contribution in [1.82, 2.24) is 9.78 Å². The van der Waals surface area contributed by atoms with Crippen LogP contribution in [0.1, 0.15) is 20.7 Å². The lowest BCUT2D eigenvalue weighted by atomic mass is 10.2. The molecule has 0 saturated heterocycles. The largest absolute Gasteiger partial charge is 0.366 e. The maximum Gasteiger partial charge on any atom is 0.251 e. The number of carbonyl (C=O) groups excluding carboxylic acids is 2. The minimum absolute atomic E-state index is 0.142. The lowest BCUT2D eigenvalue weighted by Gasteiger charge is -2.02. The van der Waals surface area contributed by atoms with Crippen molar-refractivity contribution in [2.45, 2.75) is 0 Å². The van der Waals surface area contributed by atoms with Crippen molar-refractivity contribution in [3.05, 3.63) is 47.5 Å². The molecular formula is C11H8FN3O2. The highest BCUT2D eigenvalue weighted by Crippen LogP contribution is 2.14. The van der Waals surface area contributed by atoms with Crippen LogP contribution in [0.5, 0.6) is 0 Å². The van der Waals surface area contributed by atoms with E-state index >= 15 is 0 Å². The predicted molar refractivity (Wildman–Crippen MR) is 57.4 cm³/mol. The topological polar surface area (TPSA) is 78.0 Å². The van der Waals surface area contributed by atoms with Gasteiger partial charge in [0.05, 0.1) is 11.8 Å². The minimum atomic E-state index is -0.638. The lowest BCUT2D eigenvalue weighted by Crippen LogP contribution is -2.09. The van der Waals surface area contributed by atoms with E-state index in [1.807, 2.05) is 0 Å². The van der Waals surface area contributed by atoms with Gasteiger partial charge in [-0.05, 0) is 18.2 Å². The lowest BCUT2D eigenvalue weighted by molar-refractivity contribution is 0.1000. The average molecular weight is 233 g/mol. The van der Waals surface area contributed by atoms with Crippen molar-refractivity contribution in [3.63, 3.8) is 0 Å². The van der Waals surface area contributed by atoms with E-state index in [0.29, 0.717) is 6.29 Å². The molecule has 0 radical (unpaired) electrons. The first-order valence-electron chi connectivity index (χ1n) is 4.71. The third-order valence-corrected chi connectivity index (χ3v) is 2.22. The Balaban J connectivity index is 2.45. The summed E-state index contributed by atoms with van der Waals surface area (Å²) in [6, 6.07) is 3.95. The molecule has 0 aliphatic carbocycles. The first-order valence-corrected chi connectivity index (χ1v) is 4.71. The number of hydrogen-bond donors (Lipinski definition) is 1. The van der Waals surface area contributed by atoms with Gasteiger partial charge in [0.1, 0.15) is 17.8 Å². The fourth-order valence-electron chi connectivity index (χ4n) is 1.36. The molecule has 17 heavy (non-hydrogen) atoms. The van der Waals surface area contributed by atoms with Gasteiger partial charge < -0.3 is 5.73 Å². The summed E-state index contributed by atoms with van der Waals surface area (Å²) in [5.41, 5.74) is 5.61. The Kier molecular flexibility index (Phi) is 2.70. The summed E-state index contributed by atoms with van der Waals surface area (Å²) in [6.07, 6.45) is 3.11. The van der Waals surface area contributed by atoms with Crippen LogP contribution in [0.15, 0.2) is 30.6 Å². The van der Waals surface area contributed by atoms with Crippen LogP contribution in [0.4, 0.5) is 4.39 Å². The van der Waals surface area contributed by atoms with Gasteiger partial charge in [-0.15, -0.1) is 0 Å². The van der Waals surface area contributed by atoms with Gasteiger partial charge in [-0.25, -0.2) is 9.07 Å². The summed E-state index contributed by atoms with van der Waals surface area (Å²) in [5, 5.41) is 3.81. The molecule has 0 atom stereocenters. The number of hydrogen-bond acceptors (Lipinski definition) is 3. The Bertz CT molecular complexity index is 592. The number of nitrogens with zero attached hydrogens (tertiary/aromatic N) is 2. The smallest absolute Gasteiger partial charge is 0.251 e. The maximum absolute atomic E-state index is 13.6. The van der Waals surface area contributed by atoms with Crippen LogP contribution in [0.2, 0.25) is 0 Å². The van der Waals surface area contributed by atoms with E-state index in [2.05, 4.69) is 5.10 Å². The second kappa shape index (κ2) is 4.17. The van der Waals surface area contributed by atoms with Crippen molar-refractivity contribution in [3.8, 4) is 5.69 Å². The molecule has 2 N–H and O–H groups in total. The molecule has 6 heteroatoms. The van der Waals surface area contributed by atoms with E-state index in [9.17, 15) is 14.0 Å². The molecule has 0 saturated carbocycles. The van der Waals surface area contributed by atoms with Crippen molar-refractivity contribution < 1.29 is 14.0 Å². The number of amides is 1. The molecule has 0 fully saturated rings. The quantitative estimate of drug-likeness (QED) is 0.801. The molecule has 2 aromatic rings. The number of aldehydes is 1. The van der Waals surface area contributed by atoms with E-state index in [1.54, 1.807) is 0 Å². The van der Waals surface area contributed by atoms with Gasteiger partial charge in [-0.3, -0.25) is 9.59 Å². The van der Waals surface area contributed by atoms with Gasteiger partial charge in [-0.1, -0.05) is 0 Å². The first-order chi connectivity index (χ1) is 8.11. The summed E-state index contributed by atoms with van der Waals surface area (Å²) < 4.78 is 14.8. The summed E-state index contributed by atoms with van der Waals surface area (Å²) in [4.78, 5) is 21.3. The fourth-order valence-corrected chi connectivity index (χ4v) is 1.36. The third-order valence-electron chi connectivity index (χ3n) is 2.22. The van der Waals surface area contributed by atoms with Crippen molar-refractivity contribution in [2.24, 2.45) is 5.73 Å². The van der Waals surface area contributed by atoms with Gasteiger partial charge in [0.15, 0.2) is 0 Å². The van der Waals surface area contributed by atoms with E-state index in [-0.39, 0.29) is 16.8 Å². The second-order valence-corrected chi connectivity index (χ2v) is 3.37. The van der Waals surface area contributed by atoms with Crippen LogP contribution in [0.3, 0.4) is 0 Å². The molecule has 1 amide bonds. The molecule has 1 heterocycles. The standard InChI is InChI=1S/C11H8FN3O2/c12-9-3-7(6-16)1-2-10(9)15-5-8(4-14-15)11(13)17/h1-6H,(H2,13,17). The van der Waals surface area contributed by atoms with Crippen LogP contribution in [0, 0.1) is 5.82 Å². The van der Waals surface area contributed by atoms with Crippen molar-refractivity contribution in [1.29, 1.82) is 0 Å². The molecule has 0 aliphatic heterocycles. The predicted octanol–water partition coefficient (Wildman–Crippen LogP) is 0.923. The zero-order valence-electron chi connectivity index (χ0n) is 8.63. The summed E-state index contributed by atoms with van der Waals surface area (Å²) in [5.74, 6) is -1.24. The number of rotatable bonds is 3. The van der Waals surface area contributed by atoms with Gasteiger partial charge in [0.2, 0.25) is 0 Å². The fraction of sp³-hybridized carbons (Fsp3) is 0. The third kappa shape index (κ3) is 2.05. The van der Waals surface area contributed by atoms with Crippen LogP contribution in [-0.2, 0) is 0 Å². The van der Waals surface area contributed by atoms with Gasteiger partial charge in [-0.2, -0.15) is 5.10 Å². The van der Waals surface area contributed by atoms with Crippen molar-refractivity contribution >= 4 is 12.2 Å². The Labute approximate surface area is 95.7 Å². The zero-order valence-corrected chi connectivity index (χ0v) is 8.63. The summed E-state index contributed by atoms with van der Waals surface area (Å²) in [6.45, 7) is 0. The van der Waals surface area contributed by atoms with E-state index in [1.165, 1.54) is 29.2 Å². The van der Waals surface area contributed by atoms with Crippen molar-refractivity contribution in [2.75, 3.05) is 0 Å². The molecule has 0 unspecified atom stereocenters. The summed E-state index contributed by atoms with van der Waals surface area (Å²) in [7, 11) is 0. The van der Waals surface area contributed by atoms with E-state index in [4.69, 9.17) is 5.73 Å². The minimum Gasteiger partial charge on any atom is -0.366 e. The highest BCUT2D eigenvalue weighted by molar-refractivity contribution is 5.92. The van der Waals surface area contributed by atoms with Crippen LogP contribution >= 0.6 is 0 Å². The maximum atomic E-state index is 13.6. The summed E-state index contributed by atoms with van der Waals surface area (Å²) >= 11 is 0. The molecule has 5 nitrogen and oxygen atoms in total. The second-order valence-electron chi connectivity index (χ2n) is 3.37.